The van der Waals surface area contributed by atoms with Gasteiger partial charge in [0.05, 0.1) is 5.69 Å². The van der Waals surface area contributed by atoms with E-state index in [9.17, 15) is 5.11 Å². The second-order valence-corrected chi connectivity index (χ2v) is 6.61. The third kappa shape index (κ3) is 2.94. The Bertz CT molecular complexity index is 610. The van der Waals surface area contributed by atoms with Gasteiger partial charge in [-0.1, -0.05) is 38.1 Å². The number of rotatable bonds is 3. The molecular weight excluding hydrogens is 260 g/mol. The zero-order valence-electron chi connectivity index (χ0n) is 12.9. The number of aromatic nitrogens is 1. The molecule has 0 bridgehead atoms. The summed E-state index contributed by atoms with van der Waals surface area (Å²) < 4.78 is 0. The molecule has 0 aliphatic carbocycles. The van der Waals surface area contributed by atoms with E-state index >= 15 is 0 Å². The number of aliphatic hydroxyl groups is 1. The standard InChI is InChI=1S/C18H24N2O/c1-14(2)13-20-11-8-18(21,9-12-20)17-16-6-4-3-5-15(16)7-10-19-17/h3-7,10,14,21H,8-9,11-13H2,1-2H3. The molecule has 1 saturated heterocycles. The van der Waals surface area contributed by atoms with Crippen LogP contribution in [0.25, 0.3) is 10.8 Å². The second kappa shape index (κ2) is 5.74. The highest BCUT2D eigenvalue weighted by molar-refractivity contribution is 5.85. The molecule has 3 rings (SSSR count). The van der Waals surface area contributed by atoms with Crippen LogP contribution in [0.2, 0.25) is 0 Å². The highest BCUT2D eigenvalue weighted by Gasteiger charge is 2.36. The van der Waals surface area contributed by atoms with Crippen LogP contribution in [0.4, 0.5) is 0 Å². The number of fused-ring (bicyclic) bond motifs is 1. The van der Waals surface area contributed by atoms with Gasteiger partial charge in [-0.2, -0.15) is 0 Å². The smallest absolute Gasteiger partial charge is 0.110 e. The molecule has 21 heavy (non-hydrogen) atoms. The third-order valence-corrected chi connectivity index (χ3v) is 4.42. The van der Waals surface area contributed by atoms with Crippen molar-refractivity contribution in [2.45, 2.75) is 32.3 Å². The Hall–Kier alpha value is -1.45. The van der Waals surface area contributed by atoms with Gasteiger partial charge in [-0.3, -0.25) is 4.98 Å². The molecule has 1 fully saturated rings. The Labute approximate surface area is 126 Å². The number of piperidine rings is 1. The van der Waals surface area contributed by atoms with Crippen molar-refractivity contribution in [3.05, 3.63) is 42.2 Å². The molecular formula is C18H24N2O. The van der Waals surface area contributed by atoms with E-state index in [4.69, 9.17) is 0 Å². The highest BCUT2D eigenvalue weighted by Crippen LogP contribution is 2.35. The molecule has 112 valence electrons. The lowest BCUT2D eigenvalue weighted by Crippen LogP contribution is -2.44. The normalized spacial score (nSPS) is 19.2. The van der Waals surface area contributed by atoms with Gasteiger partial charge in [0.25, 0.3) is 0 Å². The molecule has 1 aromatic heterocycles. The van der Waals surface area contributed by atoms with Gasteiger partial charge in [-0.05, 0) is 30.2 Å². The molecule has 3 nitrogen and oxygen atoms in total. The maximum Gasteiger partial charge on any atom is 0.110 e. The monoisotopic (exact) mass is 284 g/mol. The summed E-state index contributed by atoms with van der Waals surface area (Å²) in [5.41, 5.74) is 0.0683. The van der Waals surface area contributed by atoms with E-state index in [1.807, 2.05) is 24.4 Å². The minimum absolute atomic E-state index is 0.673. The van der Waals surface area contributed by atoms with Gasteiger partial charge in [0.15, 0.2) is 0 Å². The Kier molecular flexibility index (Phi) is 3.96. The summed E-state index contributed by atoms with van der Waals surface area (Å²) in [6, 6.07) is 10.2. The predicted octanol–water partition coefficient (Wildman–Crippen LogP) is 3.17. The molecule has 1 aliphatic rings. The Morgan fingerprint density at radius 3 is 2.62 bits per heavy atom. The Morgan fingerprint density at radius 1 is 1.19 bits per heavy atom. The average molecular weight is 284 g/mol. The number of hydrogen-bond acceptors (Lipinski definition) is 3. The molecule has 0 atom stereocenters. The molecule has 0 saturated carbocycles. The zero-order valence-corrected chi connectivity index (χ0v) is 12.9. The number of benzene rings is 1. The van der Waals surface area contributed by atoms with E-state index in [0.717, 1.165) is 48.9 Å². The summed E-state index contributed by atoms with van der Waals surface area (Å²) in [5, 5.41) is 13.3. The molecule has 0 unspecified atom stereocenters. The van der Waals surface area contributed by atoms with E-state index in [1.165, 1.54) is 0 Å². The van der Waals surface area contributed by atoms with Gasteiger partial charge in [0, 0.05) is 31.2 Å². The predicted molar refractivity (Wildman–Crippen MR) is 86.2 cm³/mol. The molecule has 1 aromatic carbocycles. The third-order valence-electron chi connectivity index (χ3n) is 4.42. The first-order valence-electron chi connectivity index (χ1n) is 7.87. The van der Waals surface area contributed by atoms with Gasteiger partial charge in [0.1, 0.15) is 5.60 Å². The SMILES string of the molecule is CC(C)CN1CCC(O)(c2nccc3ccccc23)CC1. The molecule has 2 heterocycles. The van der Waals surface area contributed by atoms with Crippen LogP contribution >= 0.6 is 0 Å². The average Bonchev–Trinajstić information content (AvgIpc) is 2.49. The molecule has 2 aromatic rings. The van der Waals surface area contributed by atoms with E-state index < -0.39 is 5.60 Å². The lowest BCUT2D eigenvalue weighted by Gasteiger charge is -2.38. The maximum absolute atomic E-state index is 11.1. The van der Waals surface area contributed by atoms with Crippen molar-refractivity contribution < 1.29 is 5.11 Å². The topological polar surface area (TPSA) is 36.4 Å². The maximum atomic E-state index is 11.1. The number of likely N-dealkylation sites (tertiary alicyclic amines) is 1. The first-order valence-corrected chi connectivity index (χ1v) is 7.87. The second-order valence-electron chi connectivity index (χ2n) is 6.61. The van der Waals surface area contributed by atoms with Crippen LogP contribution in [0.5, 0.6) is 0 Å². The summed E-state index contributed by atoms with van der Waals surface area (Å²) >= 11 is 0. The van der Waals surface area contributed by atoms with E-state index in [0.29, 0.717) is 5.92 Å². The molecule has 0 spiro atoms. The van der Waals surface area contributed by atoms with Crippen LogP contribution in [-0.2, 0) is 5.60 Å². The van der Waals surface area contributed by atoms with Crippen LogP contribution in [0.1, 0.15) is 32.4 Å². The van der Waals surface area contributed by atoms with Gasteiger partial charge < -0.3 is 10.0 Å². The van der Waals surface area contributed by atoms with Crippen molar-refractivity contribution in [3.63, 3.8) is 0 Å². The summed E-state index contributed by atoms with van der Waals surface area (Å²) in [4.78, 5) is 6.97. The Balaban J connectivity index is 1.86. The zero-order chi connectivity index (χ0) is 14.9. The van der Waals surface area contributed by atoms with Crippen LogP contribution in [-0.4, -0.2) is 34.6 Å². The van der Waals surface area contributed by atoms with Crippen molar-refractivity contribution in [3.8, 4) is 0 Å². The molecule has 3 heteroatoms. The summed E-state index contributed by atoms with van der Waals surface area (Å²) in [7, 11) is 0. The molecule has 0 radical (unpaired) electrons. The fourth-order valence-electron chi connectivity index (χ4n) is 3.35. The number of pyridine rings is 1. The fourth-order valence-corrected chi connectivity index (χ4v) is 3.35. The summed E-state index contributed by atoms with van der Waals surface area (Å²) in [6.45, 7) is 7.48. The first kappa shape index (κ1) is 14.5. The summed E-state index contributed by atoms with van der Waals surface area (Å²) in [5.74, 6) is 0.673. The largest absolute Gasteiger partial charge is 0.383 e. The van der Waals surface area contributed by atoms with Crippen molar-refractivity contribution in [1.29, 1.82) is 0 Å². The minimum Gasteiger partial charge on any atom is -0.383 e. The molecule has 1 N–H and O–H groups in total. The minimum atomic E-state index is -0.783. The van der Waals surface area contributed by atoms with E-state index in [1.54, 1.807) is 0 Å². The van der Waals surface area contributed by atoms with Gasteiger partial charge in [-0.25, -0.2) is 0 Å². The first-order chi connectivity index (χ1) is 10.1. The van der Waals surface area contributed by atoms with Gasteiger partial charge in [0.2, 0.25) is 0 Å². The molecule has 1 aliphatic heterocycles. The highest BCUT2D eigenvalue weighted by atomic mass is 16.3. The van der Waals surface area contributed by atoms with Crippen LogP contribution in [0.3, 0.4) is 0 Å². The van der Waals surface area contributed by atoms with Crippen molar-refractivity contribution in [2.75, 3.05) is 19.6 Å². The summed E-state index contributed by atoms with van der Waals surface area (Å²) in [6.07, 6.45) is 3.34. The van der Waals surface area contributed by atoms with Crippen molar-refractivity contribution in [2.24, 2.45) is 5.92 Å². The van der Waals surface area contributed by atoms with Gasteiger partial charge in [-0.15, -0.1) is 0 Å². The van der Waals surface area contributed by atoms with Crippen LogP contribution in [0.15, 0.2) is 36.5 Å². The number of nitrogens with zero attached hydrogens (tertiary/aromatic N) is 2. The van der Waals surface area contributed by atoms with Crippen molar-refractivity contribution in [1.82, 2.24) is 9.88 Å². The quantitative estimate of drug-likeness (QED) is 0.940. The van der Waals surface area contributed by atoms with Crippen LogP contribution < -0.4 is 0 Å². The van der Waals surface area contributed by atoms with Gasteiger partial charge >= 0.3 is 0 Å². The van der Waals surface area contributed by atoms with Crippen molar-refractivity contribution >= 4 is 10.8 Å². The van der Waals surface area contributed by atoms with Crippen LogP contribution in [0, 0.1) is 5.92 Å². The molecule has 0 amide bonds. The lowest BCUT2D eigenvalue weighted by molar-refractivity contribution is -0.0300. The van der Waals surface area contributed by atoms with E-state index in [-0.39, 0.29) is 0 Å². The lowest BCUT2D eigenvalue weighted by atomic mass is 9.85. The Morgan fingerprint density at radius 2 is 1.90 bits per heavy atom. The van der Waals surface area contributed by atoms with E-state index in [2.05, 4.69) is 35.9 Å². The fraction of sp³-hybridized carbons (Fsp3) is 0.500. The number of hydrogen-bond donors (Lipinski definition) is 1.